The Labute approximate surface area is 275 Å². The van der Waals surface area contributed by atoms with Gasteiger partial charge in [0.05, 0.1) is 28.9 Å². The molecule has 0 saturated heterocycles. The molecule has 2 aromatic heterocycles. The van der Waals surface area contributed by atoms with Gasteiger partial charge in [-0.3, -0.25) is 19.1 Å². The summed E-state index contributed by atoms with van der Waals surface area (Å²) < 4.78 is 32.2. The Hall–Kier alpha value is -4.93. The van der Waals surface area contributed by atoms with Gasteiger partial charge >= 0.3 is 0 Å². The van der Waals surface area contributed by atoms with Gasteiger partial charge in [0.1, 0.15) is 30.3 Å². The van der Waals surface area contributed by atoms with Crippen LogP contribution in [-0.2, 0) is 12.8 Å². The molecule has 11 heteroatoms. The number of hydrogen-bond acceptors (Lipinski definition) is 7. The minimum Gasteiger partial charge on any atom is -0.496 e. The molecule has 1 amide bonds. The van der Waals surface area contributed by atoms with Gasteiger partial charge in [-0.1, -0.05) is 17.7 Å². The number of benzene rings is 3. The van der Waals surface area contributed by atoms with E-state index in [1.165, 1.54) is 48.2 Å². The summed E-state index contributed by atoms with van der Waals surface area (Å²) in [5, 5.41) is 14.1. The van der Waals surface area contributed by atoms with Crippen LogP contribution in [0.3, 0.4) is 0 Å². The number of methoxy groups -OCH3 is 1. The molecule has 0 aliphatic carbocycles. The third-order valence-corrected chi connectivity index (χ3v) is 8.28. The number of hydrogen-bond donors (Lipinski definition) is 2. The summed E-state index contributed by atoms with van der Waals surface area (Å²) in [6.45, 7) is 4.40. The van der Waals surface area contributed by atoms with Crippen molar-refractivity contribution in [1.29, 1.82) is 0 Å². The Balaban J connectivity index is 1.28. The Morgan fingerprint density at radius 2 is 1.81 bits per heavy atom. The van der Waals surface area contributed by atoms with Gasteiger partial charge in [-0.25, -0.2) is 4.39 Å². The first kappa shape index (κ1) is 32.0. The number of amides is 1. The molecular formula is C36H33ClFN3O6. The molecule has 6 rings (SSSR count). The number of carbonyl (C=O) groups is 1. The van der Waals surface area contributed by atoms with Gasteiger partial charge in [-0.2, -0.15) is 0 Å². The number of halogens is 2. The molecule has 9 nitrogen and oxygen atoms in total. The number of nitrogens with one attached hydrogen (secondary N) is 1. The van der Waals surface area contributed by atoms with Crippen LogP contribution in [0.2, 0.25) is 5.02 Å². The lowest BCUT2D eigenvalue weighted by Crippen LogP contribution is -2.29. The molecule has 1 aliphatic rings. The van der Waals surface area contributed by atoms with Crippen LogP contribution in [0.5, 0.6) is 17.2 Å². The fraction of sp³-hybridized carbons (Fsp3) is 0.250. The smallest absolute Gasteiger partial charge is 0.271 e. The average molecular weight is 658 g/mol. The van der Waals surface area contributed by atoms with Crippen molar-refractivity contribution in [3.05, 3.63) is 117 Å². The maximum Gasteiger partial charge on any atom is 0.271 e. The number of pyridine rings is 2. The van der Waals surface area contributed by atoms with Crippen LogP contribution in [0.4, 0.5) is 10.1 Å². The van der Waals surface area contributed by atoms with Crippen molar-refractivity contribution in [2.75, 3.05) is 25.6 Å². The van der Waals surface area contributed by atoms with E-state index in [0.717, 1.165) is 27.6 Å². The van der Waals surface area contributed by atoms with Crippen LogP contribution < -0.4 is 25.1 Å². The van der Waals surface area contributed by atoms with E-state index in [4.69, 9.17) is 25.8 Å². The molecule has 0 radical (unpaired) electrons. The van der Waals surface area contributed by atoms with E-state index in [1.54, 1.807) is 32.2 Å². The van der Waals surface area contributed by atoms with Gasteiger partial charge in [-0.15, -0.1) is 0 Å². The molecule has 3 aromatic carbocycles. The molecule has 2 N–H and O–H groups in total. The number of fused-ring (bicyclic) bond motifs is 3. The monoisotopic (exact) mass is 657 g/mol. The number of aliphatic hydroxyl groups is 1. The predicted octanol–water partition coefficient (Wildman–Crippen LogP) is 6.50. The number of anilines is 1. The van der Waals surface area contributed by atoms with Crippen LogP contribution in [0, 0.1) is 5.82 Å². The first-order valence-corrected chi connectivity index (χ1v) is 15.5. The second-order valence-electron chi connectivity index (χ2n) is 11.9. The van der Waals surface area contributed by atoms with Crippen molar-refractivity contribution in [2.24, 2.45) is 0 Å². The molecule has 0 fully saturated rings. The molecule has 242 valence electrons. The molecule has 0 atom stereocenters. The lowest BCUT2D eigenvalue weighted by atomic mass is 9.94. The number of aromatic nitrogens is 2. The van der Waals surface area contributed by atoms with Crippen molar-refractivity contribution in [3.63, 3.8) is 0 Å². The zero-order valence-electron chi connectivity index (χ0n) is 26.1. The van der Waals surface area contributed by atoms with Gasteiger partial charge in [0.15, 0.2) is 11.5 Å². The van der Waals surface area contributed by atoms with Crippen molar-refractivity contribution in [1.82, 2.24) is 9.55 Å². The Bertz CT molecular complexity index is 2040. The molecule has 0 spiro atoms. The Morgan fingerprint density at radius 1 is 1.06 bits per heavy atom. The zero-order valence-corrected chi connectivity index (χ0v) is 26.9. The third-order valence-electron chi connectivity index (χ3n) is 7.97. The maximum atomic E-state index is 13.5. The van der Waals surface area contributed by atoms with Gasteiger partial charge in [0.2, 0.25) is 0 Å². The van der Waals surface area contributed by atoms with E-state index in [1.807, 2.05) is 18.2 Å². The maximum absolute atomic E-state index is 13.5. The lowest BCUT2D eigenvalue weighted by molar-refractivity contribution is 0.0709. The largest absolute Gasteiger partial charge is 0.496 e. The van der Waals surface area contributed by atoms with Gasteiger partial charge in [0, 0.05) is 29.0 Å². The average Bonchev–Trinajstić information content (AvgIpc) is 3.04. The number of nitrogens with zero attached hydrogens (tertiary/aromatic N) is 2. The highest BCUT2D eigenvalue weighted by molar-refractivity contribution is 6.34. The number of ether oxygens (including phenoxy) is 3. The summed E-state index contributed by atoms with van der Waals surface area (Å²) in [6.07, 6.45) is 4.85. The predicted molar refractivity (Wildman–Crippen MR) is 178 cm³/mol. The van der Waals surface area contributed by atoms with Crippen molar-refractivity contribution in [3.8, 4) is 22.9 Å². The van der Waals surface area contributed by atoms with Crippen LogP contribution >= 0.6 is 11.6 Å². The molecule has 1 aliphatic heterocycles. The van der Waals surface area contributed by atoms with Crippen LogP contribution in [-0.4, -0.2) is 46.5 Å². The molecule has 5 aromatic rings. The fourth-order valence-corrected chi connectivity index (χ4v) is 5.87. The zero-order chi connectivity index (χ0) is 33.3. The molecule has 0 bridgehead atoms. The normalized spacial score (nSPS) is 12.6. The molecule has 0 saturated carbocycles. The summed E-state index contributed by atoms with van der Waals surface area (Å²) in [5.41, 5.74) is 2.53. The standard InChI is InChI=1S/C36H33ClFN3O6/c1-36(2,44)13-10-23-20-28-30(33-32(23)46-16-17-47-33)22(11-14-39-28)18-21-4-9-27(26(37)19-21)40-34(42)31-29(45-3)12-15-41(35(31)43)25-7-5-24(38)6-8-25/h4-9,11-12,14-15,19-20,44H,10,13,16-18H2,1-3H3,(H,40,42). The third kappa shape index (κ3) is 6.79. The van der Waals surface area contributed by atoms with E-state index < -0.39 is 22.9 Å². The highest BCUT2D eigenvalue weighted by Crippen LogP contribution is 2.43. The molecule has 0 unspecified atom stereocenters. The number of aryl methyl sites for hydroxylation is 1. The summed E-state index contributed by atoms with van der Waals surface area (Å²) in [6, 6.07) is 16.0. The Morgan fingerprint density at radius 3 is 2.51 bits per heavy atom. The first-order valence-electron chi connectivity index (χ1n) is 15.1. The van der Waals surface area contributed by atoms with E-state index in [-0.39, 0.29) is 16.3 Å². The Kier molecular flexibility index (Phi) is 8.90. The van der Waals surface area contributed by atoms with Crippen LogP contribution in [0.25, 0.3) is 16.6 Å². The van der Waals surface area contributed by atoms with E-state index >= 15 is 0 Å². The van der Waals surface area contributed by atoms with Gasteiger partial charge < -0.3 is 24.6 Å². The number of carbonyl (C=O) groups excluding carboxylic acids is 1. The lowest BCUT2D eigenvalue weighted by Gasteiger charge is -2.25. The van der Waals surface area contributed by atoms with Crippen LogP contribution in [0.1, 0.15) is 47.3 Å². The highest BCUT2D eigenvalue weighted by Gasteiger charge is 2.25. The topological polar surface area (TPSA) is 112 Å². The number of rotatable bonds is 9. The summed E-state index contributed by atoms with van der Waals surface area (Å²) in [7, 11) is 1.36. The van der Waals surface area contributed by atoms with Crippen molar-refractivity contribution >= 4 is 34.1 Å². The van der Waals surface area contributed by atoms with Crippen LogP contribution in [0.15, 0.2) is 77.9 Å². The van der Waals surface area contributed by atoms with E-state index in [2.05, 4.69) is 10.3 Å². The minimum atomic E-state index is -0.826. The molecule has 3 heterocycles. The van der Waals surface area contributed by atoms with Gasteiger partial charge in [0.25, 0.3) is 11.5 Å². The molecular weight excluding hydrogens is 625 g/mol. The summed E-state index contributed by atoms with van der Waals surface area (Å²) in [4.78, 5) is 31.4. The van der Waals surface area contributed by atoms with Gasteiger partial charge in [-0.05, 0) is 98.8 Å². The minimum absolute atomic E-state index is 0.0842. The quantitative estimate of drug-likeness (QED) is 0.186. The highest BCUT2D eigenvalue weighted by atomic mass is 35.5. The van der Waals surface area contributed by atoms with E-state index in [9.17, 15) is 19.1 Å². The fourth-order valence-electron chi connectivity index (χ4n) is 5.62. The second kappa shape index (κ2) is 13.1. The SMILES string of the molecule is COc1ccn(-c2ccc(F)cc2)c(=O)c1C(=O)Nc1ccc(Cc2ccnc3cc(CCC(C)(C)O)c4c(c23)OCCO4)cc1Cl. The van der Waals surface area contributed by atoms with Crippen molar-refractivity contribution in [2.45, 2.75) is 38.7 Å². The summed E-state index contributed by atoms with van der Waals surface area (Å²) >= 11 is 6.67. The van der Waals surface area contributed by atoms with E-state index in [0.29, 0.717) is 55.4 Å². The molecule has 47 heavy (non-hydrogen) atoms. The summed E-state index contributed by atoms with van der Waals surface area (Å²) in [5.74, 6) is 0.245. The first-order chi connectivity index (χ1) is 22.5. The second-order valence-corrected chi connectivity index (χ2v) is 12.3. The van der Waals surface area contributed by atoms with Crippen molar-refractivity contribution < 1.29 is 28.5 Å².